The summed E-state index contributed by atoms with van der Waals surface area (Å²) in [4.78, 5) is 58.3. The number of carboxylic acid groups (broad SMARTS) is 2. The molecule has 0 spiro atoms. The number of hydrogen-bond acceptors (Lipinski definition) is 7. The Morgan fingerprint density at radius 1 is 0.821 bits per heavy atom. The Hall–Kier alpha value is -2.73. The second-order valence-electron chi connectivity index (χ2n) is 6.74. The molecule has 0 aliphatic heterocycles. The van der Waals surface area contributed by atoms with Gasteiger partial charge in [-0.05, 0) is 19.8 Å². The zero-order chi connectivity index (χ0) is 22.2. The van der Waals surface area contributed by atoms with Crippen molar-refractivity contribution < 1.29 is 39.3 Å². The molecule has 8 N–H and O–H groups in total. The third-order valence-electron chi connectivity index (χ3n) is 3.72. The van der Waals surface area contributed by atoms with Crippen LogP contribution in [0.25, 0.3) is 0 Å². The summed E-state index contributed by atoms with van der Waals surface area (Å²) in [5, 5.41) is 34.2. The van der Waals surface area contributed by atoms with Crippen LogP contribution in [-0.2, 0) is 24.0 Å². The number of carboxylic acids is 2. The molecule has 0 aliphatic rings. The molecule has 0 saturated heterocycles. The Bertz CT molecular complexity index is 605. The van der Waals surface area contributed by atoms with Crippen molar-refractivity contribution in [1.29, 1.82) is 0 Å². The van der Waals surface area contributed by atoms with E-state index >= 15 is 0 Å². The molecular weight excluding hydrogens is 376 g/mol. The van der Waals surface area contributed by atoms with E-state index in [9.17, 15) is 29.1 Å². The predicted octanol–water partition coefficient (Wildman–Crippen LogP) is -2.62. The van der Waals surface area contributed by atoms with Gasteiger partial charge in [0.05, 0.1) is 18.6 Å². The lowest BCUT2D eigenvalue weighted by Gasteiger charge is -2.27. The molecule has 0 saturated carbocycles. The zero-order valence-corrected chi connectivity index (χ0v) is 16.1. The smallest absolute Gasteiger partial charge is 0.326 e. The fourth-order valence-electron chi connectivity index (χ4n) is 2.10. The number of nitrogens with one attached hydrogen (secondary N) is 3. The third-order valence-corrected chi connectivity index (χ3v) is 3.72. The minimum Gasteiger partial charge on any atom is -0.481 e. The molecule has 5 unspecified atom stereocenters. The molecule has 0 aromatic carbocycles. The number of rotatable bonds is 11. The van der Waals surface area contributed by atoms with Crippen LogP contribution in [0.2, 0.25) is 0 Å². The maximum absolute atomic E-state index is 12.5. The van der Waals surface area contributed by atoms with Gasteiger partial charge < -0.3 is 37.0 Å². The molecule has 0 radical (unpaired) electrons. The van der Waals surface area contributed by atoms with Gasteiger partial charge in [-0.1, -0.05) is 13.8 Å². The van der Waals surface area contributed by atoms with Crippen molar-refractivity contribution in [2.24, 2.45) is 11.7 Å². The van der Waals surface area contributed by atoms with Crippen molar-refractivity contribution in [2.45, 2.75) is 64.4 Å². The van der Waals surface area contributed by atoms with Crippen LogP contribution in [0.5, 0.6) is 0 Å². The van der Waals surface area contributed by atoms with Crippen LogP contribution in [-0.4, -0.2) is 75.3 Å². The van der Waals surface area contributed by atoms with Crippen LogP contribution in [0.15, 0.2) is 0 Å². The summed E-state index contributed by atoms with van der Waals surface area (Å²) < 4.78 is 0. The molecule has 160 valence electrons. The number of aliphatic hydroxyl groups excluding tert-OH is 1. The number of nitrogens with two attached hydrogens (primary N) is 1. The third kappa shape index (κ3) is 8.31. The van der Waals surface area contributed by atoms with E-state index in [1.54, 1.807) is 13.8 Å². The molecule has 12 heteroatoms. The van der Waals surface area contributed by atoms with Gasteiger partial charge in [0.15, 0.2) is 0 Å². The van der Waals surface area contributed by atoms with E-state index in [-0.39, 0.29) is 5.92 Å². The molecule has 3 amide bonds. The molecule has 0 rings (SSSR count). The van der Waals surface area contributed by atoms with Gasteiger partial charge in [-0.25, -0.2) is 4.79 Å². The van der Waals surface area contributed by atoms with Gasteiger partial charge in [0.25, 0.3) is 0 Å². The van der Waals surface area contributed by atoms with E-state index in [1.165, 1.54) is 13.8 Å². The molecule has 0 aliphatic carbocycles. The summed E-state index contributed by atoms with van der Waals surface area (Å²) in [6.07, 6.45) is -2.32. The molecule has 0 aromatic rings. The van der Waals surface area contributed by atoms with E-state index < -0.39 is 66.4 Å². The van der Waals surface area contributed by atoms with Crippen molar-refractivity contribution in [1.82, 2.24) is 16.0 Å². The summed E-state index contributed by atoms with van der Waals surface area (Å²) >= 11 is 0. The summed E-state index contributed by atoms with van der Waals surface area (Å²) in [6, 6.07) is -5.27. The van der Waals surface area contributed by atoms with Crippen molar-refractivity contribution in [3.63, 3.8) is 0 Å². The fraction of sp³-hybridized carbons (Fsp3) is 0.688. The van der Waals surface area contributed by atoms with E-state index in [1.807, 2.05) is 5.32 Å². The second-order valence-corrected chi connectivity index (χ2v) is 6.74. The van der Waals surface area contributed by atoms with Crippen molar-refractivity contribution in [3.05, 3.63) is 0 Å². The molecule has 12 nitrogen and oxygen atoms in total. The number of amides is 3. The molecular formula is C16H28N4O8. The van der Waals surface area contributed by atoms with Crippen molar-refractivity contribution >= 4 is 29.7 Å². The summed E-state index contributed by atoms with van der Waals surface area (Å²) in [7, 11) is 0. The Morgan fingerprint density at radius 2 is 1.29 bits per heavy atom. The standard InChI is InChI=1S/C16H28N4O8/c1-6(2)11(19-13(24)7(3)17)14(25)20-12(8(4)21)15(26)18-9(16(27)28)5-10(22)23/h6-9,11-12,21H,5,17H2,1-4H3,(H,18,26)(H,19,24)(H,20,25)(H,22,23)(H,27,28). The molecule has 0 fully saturated rings. The Balaban J connectivity index is 5.32. The second kappa shape index (κ2) is 11.2. The first-order valence-corrected chi connectivity index (χ1v) is 8.57. The van der Waals surface area contributed by atoms with Gasteiger partial charge >= 0.3 is 11.9 Å². The topological polar surface area (TPSA) is 208 Å². The van der Waals surface area contributed by atoms with Crippen LogP contribution < -0.4 is 21.7 Å². The first-order chi connectivity index (χ1) is 12.8. The van der Waals surface area contributed by atoms with E-state index in [0.29, 0.717) is 0 Å². The summed E-state index contributed by atoms with van der Waals surface area (Å²) in [5.74, 6) is -5.91. The van der Waals surface area contributed by atoms with Crippen LogP contribution in [0.4, 0.5) is 0 Å². The number of carbonyl (C=O) groups is 5. The SMILES string of the molecule is CC(N)C(=O)NC(C(=O)NC(C(=O)NC(CC(=O)O)C(=O)O)C(C)O)C(C)C. The van der Waals surface area contributed by atoms with Crippen LogP contribution in [0.1, 0.15) is 34.1 Å². The lowest BCUT2D eigenvalue weighted by molar-refractivity contribution is -0.148. The Labute approximate surface area is 161 Å². The fourth-order valence-corrected chi connectivity index (χ4v) is 2.10. The predicted molar refractivity (Wildman–Crippen MR) is 95.8 cm³/mol. The average Bonchev–Trinajstić information content (AvgIpc) is 2.54. The van der Waals surface area contributed by atoms with Crippen molar-refractivity contribution in [3.8, 4) is 0 Å². The number of aliphatic carboxylic acids is 2. The quantitative estimate of drug-likeness (QED) is 0.192. The highest BCUT2D eigenvalue weighted by atomic mass is 16.4. The highest BCUT2D eigenvalue weighted by Gasteiger charge is 2.33. The highest BCUT2D eigenvalue weighted by Crippen LogP contribution is 2.05. The summed E-state index contributed by atoms with van der Waals surface area (Å²) in [5.41, 5.74) is 5.45. The van der Waals surface area contributed by atoms with Gasteiger partial charge in [0, 0.05) is 0 Å². The van der Waals surface area contributed by atoms with Gasteiger partial charge in [0.1, 0.15) is 18.1 Å². The lowest BCUT2D eigenvalue weighted by Crippen LogP contribution is -2.60. The lowest BCUT2D eigenvalue weighted by atomic mass is 10.0. The van der Waals surface area contributed by atoms with Gasteiger partial charge in [-0.15, -0.1) is 0 Å². The minimum atomic E-state index is -1.75. The molecule has 0 aromatic heterocycles. The Morgan fingerprint density at radius 3 is 1.64 bits per heavy atom. The number of carbonyl (C=O) groups excluding carboxylic acids is 3. The van der Waals surface area contributed by atoms with Crippen LogP contribution in [0, 0.1) is 5.92 Å². The maximum Gasteiger partial charge on any atom is 0.326 e. The normalized spacial score (nSPS) is 16.2. The first kappa shape index (κ1) is 25.3. The van der Waals surface area contributed by atoms with E-state index in [2.05, 4.69) is 10.6 Å². The number of aliphatic hydroxyl groups is 1. The number of hydrogen-bond donors (Lipinski definition) is 7. The van der Waals surface area contributed by atoms with Crippen LogP contribution in [0.3, 0.4) is 0 Å². The van der Waals surface area contributed by atoms with Crippen LogP contribution >= 0.6 is 0 Å². The molecule has 0 bridgehead atoms. The van der Waals surface area contributed by atoms with E-state index in [0.717, 1.165) is 0 Å². The monoisotopic (exact) mass is 404 g/mol. The van der Waals surface area contributed by atoms with E-state index in [4.69, 9.17) is 15.9 Å². The van der Waals surface area contributed by atoms with Crippen molar-refractivity contribution in [2.75, 3.05) is 0 Å². The van der Waals surface area contributed by atoms with Gasteiger partial charge in [-0.2, -0.15) is 0 Å². The molecule has 28 heavy (non-hydrogen) atoms. The minimum absolute atomic E-state index is 0.390. The highest BCUT2D eigenvalue weighted by molar-refractivity contribution is 5.94. The van der Waals surface area contributed by atoms with Gasteiger partial charge in [0.2, 0.25) is 17.7 Å². The first-order valence-electron chi connectivity index (χ1n) is 8.57. The largest absolute Gasteiger partial charge is 0.481 e. The average molecular weight is 404 g/mol. The van der Waals surface area contributed by atoms with Gasteiger partial charge in [-0.3, -0.25) is 19.2 Å². The molecule has 5 atom stereocenters. The zero-order valence-electron chi connectivity index (χ0n) is 16.1. The molecule has 0 heterocycles. The maximum atomic E-state index is 12.5. The Kier molecular flexibility index (Phi) is 10.1. The summed E-state index contributed by atoms with van der Waals surface area (Å²) in [6.45, 7) is 5.88.